The first kappa shape index (κ1) is 15.6. The van der Waals surface area contributed by atoms with Gasteiger partial charge in [0.1, 0.15) is 11.5 Å². The first-order chi connectivity index (χ1) is 10.0. The first-order valence-electron chi connectivity index (χ1n) is 6.88. The zero-order valence-electron chi connectivity index (χ0n) is 12.3. The van der Waals surface area contributed by atoms with E-state index in [0.29, 0.717) is 37.6 Å². The molecule has 2 atom stereocenters. The second-order valence-corrected chi connectivity index (χ2v) is 5.26. The Morgan fingerprint density at radius 1 is 1.29 bits per heavy atom. The molecule has 2 N–H and O–H groups in total. The molecule has 6 nitrogen and oxygen atoms in total. The Bertz CT molecular complexity index is 483. The fraction of sp³-hybridized carbons (Fsp3) is 0.533. The van der Waals surface area contributed by atoms with E-state index in [0.717, 1.165) is 5.56 Å². The van der Waals surface area contributed by atoms with Gasteiger partial charge in [0.2, 0.25) is 0 Å². The van der Waals surface area contributed by atoms with Gasteiger partial charge in [0, 0.05) is 19.2 Å². The van der Waals surface area contributed by atoms with Crippen LogP contribution in [-0.2, 0) is 11.3 Å². The van der Waals surface area contributed by atoms with Crippen LogP contribution >= 0.6 is 0 Å². The minimum Gasteiger partial charge on any atom is -0.497 e. The van der Waals surface area contributed by atoms with Crippen molar-refractivity contribution in [1.82, 2.24) is 4.90 Å². The summed E-state index contributed by atoms with van der Waals surface area (Å²) in [7, 11) is 3.20. The predicted octanol–water partition coefficient (Wildman–Crippen LogP) is 0.971. The lowest BCUT2D eigenvalue weighted by molar-refractivity contribution is -0.148. The van der Waals surface area contributed by atoms with E-state index in [1.165, 1.54) is 0 Å². The van der Waals surface area contributed by atoms with E-state index in [4.69, 9.17) is 14.6 Å². The number of likely N-dealkylation sites (tertiary alicyclic amines) is 1. The number of benzene rings is 1. The van der Waals surface area contributed by atoms with Gasteiger partial charge in [-0.15, -0.1) is 0 Å². The summed E-state index contributed by atoms with van der Waals surface area (Å²) in [5, 5.41) is 18.9. The molecule has 1 aliphatic heterocycles. The van der Waals surface area contributed by atoms with Gasteiger partial charge in [-0.1, -0.05) is 0 Å². The number of carbonyl (C=O) groups is 1. The molecule has 1 heterocycles. The topological polar surface area (TPSA) is 79.2 Å². The fourth-order valence-corrected chi connectivity index (χ4v) is 2.64. The molecular weight excluding hydrogens is 274 g/mol. The standard InChI is InChI=1S/C15H21NO5/c1-20-11-5-10(6-12(7-11)21-2)8-16-4-3-13(15(18)19)14(17)9-16/h5-7,13-14,17H,3-4,8-9H2,1-2H3,(H,18,19)/t13-,14+/m0/s1. The second kappa shape index (κ2) is 6.78. The zero-order valence-corrected chi connectivity index (χ0v) is 12.3. The van der Waals surface area contributed by atoms with Crippen LogP contribution in [0.3, 0.4) is 0 Å². The molecule has 1 saturated heterocycles. The quantitative estimate of drug-likeness (QED) is 0.843. The lowest BCUT2D eigenvalue weighted by Crippen LogP contribution is -2.46. The van der Waals surface area contributed by atoms with Crippen LogP contribution in [0.25, 0.3) is 0 Å². The largest absolute Gasteiger partial charge is 0.497 e. The van der Waals surface area contributed by atoms with E-state index >= 15 is 0 Å². The summed E-state index contributed by atoms with van der Waals surface area (Å²) in [6.45, 7) is 1.63. The van der Waals surface area contributed by atoms with Gasteiger partial charge in [-0.3, -0.25) is 9.69 Å². The average Bonchev–Trinajstić information content (AvgIpc) is 2.46. The smallest absolute Gasteiger partial charge is 0.309 e. The van der Waals surface area contributed by atoms with E-state index in [9.17, 15) is 9.90 Å². The van der Waals surface area contributed by atoms with Gasteiger partial charge in [-0.2, -0.15) is 0 Å². The highest BCUT2D eigenvalue weighted by atomic mass is 16.5. The van der Waals surface area contributed by atoms with Crippen molar-refractivity contribution in [2.24, 2.45) is 5.92 Å². The van der Waals surface area contributed by atoms with Crippen LogP contribution in [0.15, 0.2) is 18.2 Å². The van der Waals surface area contributed by atoms with Gasteiger partial charge in [0.15, 0.2) is 0 Å². The maximum Gasteiger partial charge on any atom is 0.309 e. The van der Waals surface area contributed by atoms with E-state index < -0.39 is 18.0 Å². The molecule has 2 rings (SSSR count). The number of carboxylic acids is 1. The number of aliphatic carboxylic acids is 1. The lowest BCUT2D eigenvalue weighted by Gasteiger charge is -2.34. The predicted molar refractivity (Wildman–Crippen MR) is 76.6 cm³/mol. The Hall–Kier alpha value is -1.79. The van der Waals surface area contributed by atoms with Gasteiger partial charge < -0.3 is 19.7 Å². The molecular formula is C15H21NO5. The molecule has 1 aromatic carbocycles. The molecule has 0 saturated carbocycles. The van der Waals surface area contributed by atoms with Crippen molar-refractivity contribution >= 4 is 5.97 Å². The first-order valence-corrected chi connectivity index (χ1v) is 6.88. The zero-order chi connectivity index (χ0) is 15.4. The van der Waals surface area contributed by atoms with Crippen molar-refractivity contribution in [3.05, 3.63) is 23.8 Å². The summed E-state index contributed by atoms with van der Waals surface area (Å²) >= 11 is 0. The van der Waals surface area contributed by atoms with Gasteiger partial charge in [0.05, 0.1) is 26.2 Å². The number of aliphatic hydroxyl groups is 1. The summed E-state index contributed by atoms with van der Waals surface area (Å²) in [5.41, 5.74) is 1.01. The number of rotatable bonds is 5. The summed E-state index contributed by atoms with van der Waals surface area (Å²) in [6, 6.07) is 5.63. The van der Waals surface area contributed by atoms with Crippen LogP contribution < -0.4 is 9.47 Å². The summed E-state index contributed by atoms with van der Waals surface area (Å²) in [5.74, 6) is -0.165. The Morgan fingerprint density at radius 2 is 1.90 bits per heavy atom. The highest BCUT2D eigenvalue weighted by Crippen LogP contribution is 2.25. The lowest BCUT2D eigenvalue weighted by atomic mass is 9.94. The monoisotopic (exact) mass is 295 g/mol. The number of nitrogens with zero attached hydrogens (tertiary/aromatic N) is 1. The molecule has 116 valence electrons. The number of methoxy groups -OCH3 is 2. The van der Waals surface area contributed by atoms with Gasteiger partial charge in [-0.25, -0.2) is 0 Å². The number of piperidine rings is 1. The van der Waals surface area contributed by atoms with Crippen LogP contribution in [0.1, 0.15) is 12.0 Å². The molecule has 0 aromatic heterocycles. The Morgan fingerprint density at radius 3 is 2.38 bits per heavy atom. The van der Waals surface area contributed by atoms with E-state index in [-0.39, 0.29) is 0 Å². The number of hydrogen-bond donors (Lipinski definition) is 2. The van der Waals surface area contributed by atoms with E-state index in [2.05, 4.69) is 0 Å². The third-order valence-corrected chi connectivity index (χ3v) is 3.80. The van der Waals surface area contributed by atoms with Crippen molar-refractivity contribution in [1.29, 1.82) is 0 Å². The summed E-state index contributed by atoms with van der Waals surface area (Å²) < 4.78 is 10.5. The number of aliphatic hydroxyl groups excluding tert-OH is 1. The fourth-order valence-electron chi connectivity index (χ4n) is 2.64. The number of hydrogen-bond acceptors (Lipinski definition) is 5. The Labute approximate surface area is 123 Å². The minimum absolute atomic E-state index is 0.358. The highest BCUT2D eigenvalue weighted by Gasteiger charge is 2.32. The maximum absolute atomic E-state index is 11.0. The third-order valence-electron chi connectivity index (χ3n) is 3.80. The van der Waals surface area contributed by atoms with Crippen LogP contribution in [0, 0.1) is 5.92 Å². The molecule has 1 fully saturated rings. The van der Waals surface area contributed by atoms with Crippen molar-refractivity contribution in [3.8, 4) is 11.5 Å². The van der Waals surface area contributed by atoms with Gasteiger partial charge in [0.25, 0.3) is 0 Å². The van der Waals surface area contributed by atoms with E-state index in [1.54, 1.807) is 20.3 Å². The molecule has 0 bridgehead atoms. The molecule has 0 radical (unpaired) electrons. The molecule has 0 spiro atoms. The van der Waals surface area contributed by atoms with E-state index in [1.807, 2.05) is 17.0 Å². The SMILES string of the molecule is COc1cc(CN2CC[C@H](C(=O)O)[C@H](O)C2)cc(OC)c1. The molecule has 1 aromatic rings. The Kier molecular flexibility index (Phi) is 5.03. The van der Waals surface area contributed by atoms with Crippen LogP contribution in [0.5, 0.6) is 11.5 Å². The number of β-amino-alcohol motifs (C(OH)–C–C–N with tert-alkyl or cyclic N) is 1. The highest BCUT2D eigenvalue weighted by molar-refractivity contribution is 5.70. The van der Waals surface area contributed by atoms with Crippen molar-refractivity contribution < 1.29 is 24.5 Å². The average molecular weight is 295 g/mol. The number of ether oxygens (including phenoxy) is 2. The second-order valence-electron chi connectivity index (χ2n) is 5.26. The molecule has 1 aliphatic rings. The van der Waals surface area contributed by atoms with Crippen molar-refractivity contribution in [2.75, 3.05) is 27.3 Å². The molecule has 21 heavy (non-hydrogen) atoms. The Balaban J connectivity index is 2.04. The third kappa shape index (κ3) is 3.86. The molecule has 0 aliphatic carbocycles. The van der Waals surface area contributed by atoms with Gasteiger partial charge >= 0.3 is 5.97 Å². The summed E-state index contributed by atoms with van der Waals surface area (Å²) in [6.07, 6.45) is -0.374. The number of carboxylic acid groups (broad SMARTS) is 1. The molecule has 0 amide bonds. The van der Waals surface area contributed by atoms with Crippen molar-refractivity contribution in [2.45, 2.75) is 19.1 Å². The molecule has 0 unspecified atom stereocenters. The van der Waals surface area contributed by atoms with Crippen molar-refractivity contribution in [3.63, 3.8) is 0 Å². The van der Waals surface area contributed by atoms with Crippen LogP contribution in [-0.4, -0.2) is 54.5 Å². The van der Waals surface area contributed by atoms with Crippen LogP contribution in [0.2, 0.25) is 0 Å². The minimum atomic E-state index is -0.926. The maximum atomic E-state index is 11.0. The van der Waals surface area contributed by atoms with Gasteiger partial charge in [-0.05, 0) is 30.7 Å². The summed E-state index contributed by atoms with van der Waals surface area (Å²) in [4.78, 5) is 13.0. The normalized spacial score (nSPS) is 22.8. The van der Waals surface area contributed by atoms with Crippen LogP contribution in [0.4, 0.5) is 0 Å². The molecule has 6 heteroatoms.